The Kier molecular flexibility index (Phi) is 4.54. The maximum Gasteiger partial charge on any atom is 0.286 e. The van der Waals surface area contributed by atoms with E-state index in [1.54, 1.807) is 24.3 Å². The van der Waals surface area contributed by atoms with Crippen molar-refractivity contribution in [3.63, 3.8) is 0 Å². The summed E-state index contributed by atoms with van der Waals surface area (Å²) in [5.74, 6) is 0.769. The zero-order chi connectivity index (χ0) is 19.0. The molecular formula is C16H10ClN3O5S2. The Morgan fingerprint density at radius 1 is 1.22 bits per heavy atom. The number of thioether (sulfide) groups is 1. The minimum atomic E-state index is -4.02. The van der Waals surface area contributed by atoms with Gasteiger partial charge >= 0.3 is 0 Å². The maximum absolute atomic E-state index is 12.3. The van der Waals surface area contributed by atoms with Crippen molar-refractivity contribution < 1.29 is 22.7 Å². The van der Waals surface area contributed by atoms with E-state index in [9.17, 15) is 13.2 Å². The molecule has 0 spiro atoms. The van der Waals surface area contributed by atoms with Crippen molar-refractivity contribution in [3.05, 3.63) is 52.2 Å². The summed E-state index contributed by atoms with van der Waals surface area (Å²) in [7, 11) is -4.02. The Hall–Kier alpha value is -2.56. The normalized spacial score (nSPS) is 18.9. The predicted molar refractivity (Wildman–Crippen MR) is 100 cm³/mol. The van der Waals surface area contributed by atoms with Gasteiger partial charge in [0, 0.05) is 6.20 Å². The Bertz CT molecular complexity index is 1100. The Morgan fingerprint density at radius 3 is 2.81 bits per heavy atom. The summed E-state index contributed by atoms with van der Waals surface area (Å²) < 4.78 is 38.8. The van der Waals surface area contributed by atoms with Gasteiger partial charge in [0.1, 0.15) is 10.0 Å². The minimum Gasteiger partial charge on any atom is -0.454 e. The van der Waals surface area contributed by atoms with Crippen molar-refractivity contribution in [2.75, 3.05) is 6.79 Å². The van der Waals surface area contributed by atoms with E-state index in [0.717, 1.165) is 18.0 Å². The fourth-order valence-electron chi connectivity index (χ4n) is 2.30. The summed E-state index contributed by atoms with van der Waals surface area (Å²) >= 11 is 6.58. The molecule has 1 aromatic carbocycles. The smallest absolute Gasteiger partial charge is 0.286 e. The monoisotopic (exact) mass is 423 g/mol. The minimum absolute atomic E-state index is 0.0399. The van der Waals surface area contributed by atoms with Crippen molar-refractivity contribution in [3.8, 4) is 11.5 Å². The lowest BCUT2D eigenvalue weighted by Gasteiger charge is -1.99. The van der Waals surface area contributed by atoms with Gasteiger partial charge in [-0.25, -0.2) is 4.98 Å². The molecule has 0 atom stereocenters. The van der Waals surface area contributed by atoms with Gasteiger partial charge in [0.05, 0.1) is 4.91 Å². The van der Waals surface area contributed by atoms with Gasteiger partial charge in [-0.1, -0.05) is 17.7 Å². The number of pyridine rings is 1. The molecular weight excluding hydrogens is 414 g/mol. The fourth-order valence-corrected chi connectivity index (χ4v) is 4.34. The number of amides is 1. The number of hydrogen-bond acceptors (Lipinski definition) is 7. The van der Waals surface area contributed by atoms with Crippen molar-refractivity contribution >= 4 is 50.5 Å². The molecule has 2 aliphatic heterocycles. The van der Waals surface area contributed by atoms with Crippen molar-refractivity contribution in [1.29, 1.82) is 0 Å². The molecule has 2 aromatic rings. The highest BCUT2D eigenvalue weighted by Gasteiger charge is 2.27. The first-order valence-electron chi connectivity index (χ1n) is 7.48. The van der Waals surface area contributed by atoms with Gasteiger partial charge in [-0.05, 0) is 47.7 Å². The molecule has 0 aliphatic carbocycles. The molecule has 2 aliphatic rings. The SMILES string of the molecule is O=C1N/C(=N/S(=O)(=O)c2ccc(Cl)nc2)S/C1=C/c1ccc2c(c1)OCO2. The molecule has 8 nitrogen and oxygen atoms in total. The van der Waals surface area contributed by atoms with E-state index in [1.807, 2.05) is 0 Å². The number of halogens is 1. The summed E-state index contributed by atoms with van der Waals surface area (Å²) in [6.07, 6.45) is 2.72. The molecule has 0 saturated carbocycles. The molecule has 0 radical (unpaired) electrons. The van der Waals surface area contributed by atoms with Crippen LogP contribution in [0, 0.1) is 0 Å². The number of fused-ring (bicyclic) bond motifs is 1. The molecule has 0 unspecified atom stereocenters. The summed E-state index contributed by atoms with van der Waals surface area (Å²) in [5.41, 5.74) is 0.711. The van der Waals surface area contributed by atoms with Gasteiger partial charge in [0.15, 0.2) is 16.7 Å². The van der Waals surface area contributed by atoms with Gasteiger partial charge in [0.2, 0.25) is 6.79 Å². The number of sulfonamides is 1. The topological polar surface area (TPSA) is 107 Å². The average Bonchev–Trinajstić information content (AvgIpc) is 3.21. The number of aromatic nitrogens is 1. The van der Waals surface area contributed by atoms with Crippen LogP contribution in [0.25, 0.3) is 6.08 Å². The number of ether oxygens (including phenoxy) is 2. The predicted octanol–water partition coefficient (Wildman–Crippen LogP) is 2.41. The van der Waals surface area contributed by atoms with Crippen LogP contribution >= 0.6 is 23.4 Å². The van der Waals surface area contributed by atoms with Crippen LogP contribution in [0.3, 0.4) is 0 Å². The number of benzene rings is 1. The van der Waals surface area contributed by atoms with Crippen LogP contribution in [0.15, 0.2) is 50.7 Å². The highest BCUT2D eigenvalue weighted by Crippen LogP contribution is 2.34. The zero-order valence-corrected chi connectivity index (χ0v) is 15.8. The number of carbonyl (C=O) groups excluding carboxylic acids is 1. The number of nitrogens with one attached hydrogen (secondary N) is 1. The van der Waals surface area contributed by atoms with Crippen molar-refractivity contribution in [2.45, 2.75) is 4.90 Å². The molecule has 1 N–H and O–H groups in total. The van der Waals surface area contributed by atoms with Crippen LogP contribution < -0.4 is 14.8 Å². The second-order valence-corrected chi connectivity index (χ2v) is 8.39. The molecule has 3 heterocycles. The van der Waals surface area contributed by atoms with E-state index in [0.29, 0.717) is 22.0 Å². The molecule has 0 bridgehead atoms. The maximum atomic E-state index is 12.3. The third-order valence-corrected chi connectivity index (χ3v) is 6.06. The van der Waals surface area contributed by atoms with E-state index in [-0.39, 0.29) is 22.0 Å². The summed E-state index contributed by atoms with van der Waals surface area (Å²) in [4.78, 5) is 16.0. The first-order chi connectivity index (χ1) is 12.9. The fraction of sp³-hybridized carbons (Fsp3) is 0.0625. The van der Waals surface area contributed by atoms with Crippen LogP contribution in [0.5, 0.6) is 11.5 Å². The van der Waals surface area contributed by atoms with Crippen LogP contribution in [-0.4, -0.2) is 31.3 Å². The van der Waals surface area contributed by atoms with Gasteiger partial charge in [-0.2, -0.15) is 8.42 Å². The molecule has 1 amide bonds. The number of hydrogen-bond donors (Lipinski definition) is 1. The Balaban J connectivity index is 1.58. The third kappa shape index (κ3) is 3.77. The second kappa shape index (κ2) is 6.87. The molecule has 138 valence electrons. The highest BCUT2D eigenvalue weighted by atomic mass is 35.5. The van der Waals surface area contributed by atoms with Gasteiger partial charge in [0.25, 0.3) is 15.9 Å². The average molecular weight is 424 g/mol. The quantitative estimate of drug-likeness (QED) is 0.596. The molecule has 4 rings (SSSR count). The third-order valence-electron chi connectivity index (χ3n) is 3.55. The standard InChI is InChI=1S/C16H10ClN3O5S2/c17-14-4-2-10(7-18-14)27(22,23)20-16-19-15(21)13(26-16)6-9-1-3-11-12(5-9)25-8-24-11/h1-7H,8H2,(H,19,20,21)/b13-6+. The number of amidine groups is 1. The van der Waals surface area contributed by atoms with Crippen molar-refractivity contribution in [1.82, 2.24) is 10.3 Å². The van der Waals surface area contributed by atoms with E-state index < -0.39 is 15.9 Å². The van der Waals surface area contributed by atoms with Crippen LogP contribution in [-0.2, 0) is 14.8 Å². The van der Waals surface area contributed by atoms with E-state index in [4.69, 9.17) is 21.1 Å². The Labute approximate surface area is 163 Å². The second-order valence-electron chi connectivity index (χ2n) is 5.37. The van der Waals surface area contributed by atoms with Gasteiger partial charge in [-0.15, -0.1) is 4.40 Å². The lowest BCUT2D eigenvalue weighted by Crippen LogP contribution is -2.20. The number of carbonyl (C=O) groups is 1. The molecule has 27 heavy (non-hydrogen) atoms. The first kappa shape index (κ1) is 17.8. The Morgan fingerprint density at radius 2 is 2.04 bits per heavy atom. The summed E-state index contributed by atoms with van der Waals surface area (Å²) in [6, 6.07) is 7.87. The lowest BCUT2D eigenvalue weighted by molar-refractivity contribution is -0.115. The van der Waals surface area contributed by atoms with E-state index in [2.05, 4.69) is 14.7 Å². The number of rotatable bonds is 3. The van der Waals surface area contributed by atoms with Crippen LogP contribution in [0.1, 0.15) is 5.56 Å². The molecule has 1 aromatic heterocycles. The summed E-state index contributed by atoms with van der Waals surface area (Å²) in [5, 5.41) is 2.56. The molecule has 1 fully saturated rings. The van der Waals surface area contributed by atoms with Crippen molar-refractivity contribution in [2.24, 2.45) is 4.40 Å². The van der Waals surface area contributed by atoms with Crippen LogP contribution in [0.4, 0.5) is 0 Å². The van der Waals surface area contributed by atoms with Gasteiger partial charge < -0.3 is 9.47 Å². The zero-order valence-electron chi connectivity index (χ0n) is 13.4. The highest BCUT2D eigenvalue weighted by molar-refractivity contribution is 8.19. The summed E-state index contributed by atoms with van der Waals surface area (Å²) in [6.45, 7) is 0.152. The molecule has 1 saturated heterocycles. The number of nitrogens with zero attached hydrogens (tertiary/aromatic N) is 2. The van der Waals surface area contributed by atoms with Crippen LogP contribution in [0.2, 0.25) is 5.15 Å². The van der Waals surface area contributed by atoms with E-state index >= 15 is 0 Å². The lowest BCUT2D eigenvalue weighted by atomic mass is 10.2. The largest absolute Gasteiger partial charge is 0.454 e. The molecule has 11 heteroatoms. The van der Waals surface area contributed by atoms with E-state index in [1.165, 1.54) is 12.1 Å². The first-order valence-corrected chi connectivity index (χ1v) is 10.1. The van der Waals surface area contributed by atoms with Gasteiger partial charge in [-0.3, -0.25) is 10.1 Å².